The van der Waals surface area contributed by atoms with Crippen LogP contribution < -0.4 is 0 Å². The topological polar surface area (TPSA) is 18.5 Å². The van der Waals surface area contributed by atoms with Crippen LogP contribution in [0.3, 0.4) is 0 Å². The smallest absolute Gasteiger partial charge is 0.200 e. The Kier molecular flexibility index (Phi) is 2.57. The fourth-order valence-electron chi connectivity index (χ4n) is 2.57. The average molecular weight is 258 g/mol. The van der Waals surface area contributed by atoms with Crippen molar-refractivity contribution in [1.82, 2.24) is 0 Å². The summed E-state index contributed by atoms with van der Waals surface area (Å²) in [5.41, 5.74) is 0. The third-order valence-electron chi connectivity index (χ3n) is 3.26. The lowest BCUT2D eigenvalue weighted by molar-refractivity contribution is -0.223. The zero-order valence-corrected chi connectivity index (χ0v) is 10.2. The molecule has 14 heavy (non-hydrogen) atoms. The molecule has 1 fully saturated rings. The fourth-order valence-corrected chi connectivity index (χ4v) is 3.89. The average Bonchev–Trinajstić information content (AvgIpc) is 2.56. The quantitative estimate of drug-likeness (QED) is 0.559. The molecule has 0 aliphatic heterocycles. The molecule has 0 aromatic heterocycles. The van der Waals surface area contributed by atoms with Gasteiger partial charge in [0.1, 0.15) is 4.87 Å². The molecule has 5 heteroatoms. The monoisotopic (exact) mass is 256 g/mol. The Morgan fingerprint density at radius 3 is 2.14 bits per heavy atom. The highest BCUT2D eigenvalue weighted by Gasteiger charge is 2.69. The van der Waals surface area contributed by atoms with Gasteiger partial charge in [0.15, 0.2) is 5.79 Å². The first-order valence-electron chi connectivity index (χ1n) is 4.38. The van der Waals surface area contributed by atoms with Gasteiger partial charge in [0, 0.05) is 19.3 Å². The number of hydrogen-bond acceptors (Lipinski definition) is 2. The molecule has 0 aromatic rings. The van der Waals surface area contributed by atoms with E-state index in [9.17, 15) is 0 Å². The van der Waals surface area contributed by atoms with Crippen molar-refractivity contribution >= 4 is 34.8 Å². The van der Waals surface area contributed by atoms with Crippen molar-refractivity contribution in [3.05, 3.63) is 10.1 Å². The summed E-state index contributed by atoms with van der Waals surface area (Å²) in [4.78, 5) is -0.806. The van der Waals surface area contributed by atoms with E-state index < -0.39 is 10.7 Å². The Bertz CT molecular complexity index is 298. The van der Waals surface area contributed by atoms with Crippen LogP contribution in [0.2, 0.25) is 0 Å². The summed E-state index contributed by atoms with van der Waals surface area (Å²) in [6.07, 6.45) is 1.58. The van der Waals surface area contributed by atoms with E-state index in [4.69, 9.17) is 44.3 Å². The summed E-state index contributed by atoms with van der Waals surface area (Å²) in [5.74, 6) is -0.924. The van der Waals surface area contributed by atoms with E-state index in [0.717, 1.165) is 12.8 Å². The molecule has 80 valence electrons. The zero-order valence-electron chi connectivity index (χ0n) is 7.94. The molecular weight excluding hydrogens is 246 g/mol. The second-order valence-corrected chi connectivity index (χ2v) is 5.06. The Labute approximate surface area is 98.1 Å². The van der Waals surface area contributed by atoms with Crippen LogP contribution in [-0.2, 0) is 9.47 Å². The zero-order chi connectivity index (χ0) is 10.6. The molecule has 0 saturated heterocycles. The summed E-state index contributed by atoms with van der Waals surface area (Å²) < 4.78 is 10.8. The molecule has 1 saturated carbocycles. The predicted molar refractivity (Wildman–Crippen MR) is 56.8 cm³/mol. The highest BCUT2D eigenvalue weighted by Crippen LogP contribution is 2.64. The molecule has 0 radical (unpaired) electrons. The molecule has 2 nitrogen and oxygen atoms in total. The minimum absolute atomic E-state index is 0.0378. The van der Waals surface area contributed by atoms with Gasteiger partial charge < -0.3 is 9.47 Å². The first-order valence-corrected chi connectivity index (χ1v) is 5.51. The van der Waals surface area contributed by atoms with Crippen molar-refractivity contribution in [3.8, 4) is 0 Å². The van der Waals surface area contributed by atoms with Crippen molar-refractivity contribution in [1.29, 1.82) is 0 Å². The van der Waals surface area contributed by atoms with Gasteiger partial charge in [-0.2, -0.15) is 0 Å². The SMILES string of the molecule is COC1(OC)[C@H]2CC[C@@]1(Cl)C(Cl)=C2Cl. The normalized spacial score (nSPS) is 39.6. The highest BCUT2D eigenvalue weighted by atomic mass is 35.5. The summed E-state index contributed by atoms with van der Waals surface area (Å²) in [6.45, 7) is 0. The van der Waals surface area contributed by atoms with Gasteiger partial charge in [0.2, 0.25) is 0 Å². The molecule has 0 N–H and O–H groups in total. The number of alkyl halides is 1. The maximum atomic E-state index is 6.44. The first-order chi connectivity index (χ1) is 6.53. The number of fused-ring (bicyclic) bond motifs is 2. The lowest BCUT2D eigenvalue weighted by Crippen LogP contribution is -2.49. The number of methoxy groups -OCH3 is 2. The number of halogens is 3. The van der Waals surface area contributed by atoms with Crippen molar-refractivity contribution < 1.29 is 9.47 Å². The number of hydrogen-bond donors (Lipinski definition) is 0. The summed E-state index contributed by atoms with van der Waals surface area (Å²) >= 11 is 18.6. The third kappa shape index (κ3) is 0.966. The van der Waals surface area contributed by atoms with Gasteiger partial charge in [-0.1, -0.05) is 23.2 Å². The number of rotatable bonds is 2. The molecule has 2 aliphatic rings. The summed E-state index contributed by atoms with van der Waals surface area (Å²) in [6, 6.07) is 0. The lowest BCUT2D eigenvalue weighted by atomic mass is 10.0. The molecule has 0 amide bonds. The minimum atomic E-state index is -0.886. The van der Waals surface area contributed by atoms with Gasteiger partial charge in [-0.25, -0.2) is 0 Å². The van der Waals surface area contributed by atoms with E-state index >= 15 is 0 Å². The molecule has 2 bridgehead atoms. The van der Waals surface area contributed by atoms with E-state index in [1.54, 1.807) is 14.2 Å². The maximum Gasteiger partial charge on any atom is 0.200 e. The summed E-state index contributed by atoms with van der Waals surface area (Å²) in [7, 11) is 3.14. The molecule has 0 unspecified atom stereocenters. The van der Waals surface area contributed by atoms with E-state index in [1.807, 2.05) is 0 Å². The molecule has 2 rings (SSSR count). The predicted octanol–water partition coefficient (Wildman–Crippen LogP) is 3.07. The molecule has 0 heterocycles. The molecular formula is C9H11Cl3O2. The molecule has 2 atom stereocenters. The second kappa shape index (κ2) is 3.26. The van der Waals surface area contributed by atoms with E-state index in [-0.39, 0.29) is 5.92 Å². The Morgan fingerprint density at radius 2 is 1.86 bits per heavy atom. The lowest BCUT2D eigenvalue weighted by Gasteiger charge is -2.36. The van der Waals surface area contributed by atoms with Crippen LogP contribution in [0.25, 0.3) is 0 Å². The standard InChI is InChI=1S/C9H11Cl3O2/c1-13-9(14-2)5-3-4-8(9,12)7(11)6(5)10/h5H,3-4H2,1-2H3/t5-,8+/m0/s1. The Morgan fingerprint density at radius 1 is 1.29 bits per heavy atom. The van der Waals surface area contributed by atoms with Gasteiger partial charge in [-0.3, -0.25) is 0 Å². The fraction of sp³-hybridized carbons (Fsp3) is 0.778. The van der Waals surface area contributed by atoms with Crippen LogP contribution in [0.1, 0.15) is 12.8 Å². The number of ether oxygens (including phenoxy) is 2. The van der Waals surface area contributed by atoms with Crippen molar-refractivity contribution in [3.63, 3.8) is 0 Å². The van der Waals surface area contributed by atoms with Gasteiger partial charge in [-0.05, 0) is 12.8 Å². The highest BCUT2D eigenvalue weighted by molar-refractivity contribution is 6.46. The van der Waals surface area contributed by atoms with Crippen molar-refractivity contribution in [2.45, 2.75) is 23.5 Å². The van der Waals surface area contributed by atoms with Crippen LogP contribution in [0.15, 0.2) is 10.1 Å². The summed E-state index contributed by atoms with van der Waals surface area (Å²) in [5, 5.41) is 1.05. The van der Waals surface area contributed by atoms with Crippen molar-refractivity contribution in [2.24, 2.45) is 5.92 Å². The van der Waals surface area contributed by atoms with Gasteiger partial charge >= 0.3 is 0 Å². The Balaban J connectivity index is 2.53. The van der Waals surface area contributed by atoms with Crippen molar-refractivity contribution in [2.75, 3.05) is 14.2 Å². The molecule has 2 aliphatic carbocycles. The Hall–Kier alpha value is 0.530. The van der Waals surface area contributed by atoms with Crippen LogP contribution in [0.4, 0.5) is 0 Å². The van der Waals surface area contributed by atoms with Gasteiger partial charge in [-0.15, -0.1) is 11.6 Å². The second-order valence-electron chi connectivity index (χ2n) is 3.63. The van der Waals surface area contributed by atoms with E-state index in [1.165, 1.54) is 0 Å². The molecule has 0 aromatic carbocycles. The largest absolute Gasteiger partial charge is 0.351 e. The molecule has 0 spiro atoms. The van der Waals surface area contributed by atoms with Crippen LogP contribution in [0, 0.1) is 5.92 Å². The minimum Gasteiger partial charge on any atom is -0.351 e. The van der Waals surface area contributed by atoms with E-state index in [2.05, 4.69) is 0 Å². The maximum absolute atomic E-state index is 6.44. The van der Waals surface area contributed by atoms with Crippen LogP contribution >= 0.6 is 34.8 Å². The van der Waals surface area contributed by atoms with Crippen LogP contribution in [0.5, 0.6) is 0 Å². The van der Waals surface area contributed by atoms with Gasteiger partial charge in [0.25, 0.3) is 0 Å². The van der Waals surface area contributed by atoms with Gasteiger partial charge in [0.05, 0.1) is 11.0 Å². The van der Waals surface area contributed by atoms with E-state index in [0.29, 0.717) is 10.1 Å². The first kappa shape index (κ1) is 11.0. The van der Waals surface area contributed by atoms with Crippen LogP contribution in [-0.4, -0.2) is 24.9 Å². The third-order valence-corrected chi connectivity index (χ3v) is 5.07.